The third kappa shape index (κ3) is 42.7. The summed E-state index contributed by atoms with van der Waals surface area (Å²) in [6.45, 7) is 6.15. The zero-order valence-corrected chi connectivity index (χ0v) is 39.4. The number of amides is 1. The Morgan fingerprint density at radius 2 is 0.968 bits per heavy atom. The Morgan fingerprint density at radius 3 is 1.48 bits per heavy atom. The Hall–Kier alpha value is -4.00. The number of hydrogen-bond acceptors (Lipinski definition) is 5. The van der Waals surface area contributed by atoms with Crippen molar-refractivity contribution in [3.8, 4) is 0 Å². The molecule has 0 aromatic rings. The fourth-order valence-corrected chi connectivity index (χ4v) is 6.48. The van der Waals surface area contributed by atoms with Crippen LogP contribution in [0.2, 0.25) is 0 Å². The number of unbranched alkanes of at least 4 members (excludes halogenated alkanes) is 13. The van der Waals surface area contributed by atoms with Gasteiger partial charge in [-0.25, -0.2) is 0 Å². The van der Waals surface area contributed by atoms with Crippen molar-refractivity contribution in [2.45, 2.75) is 200 Å². The second-order valence-corrected chi connectivity index (χ2v) is 15.9. The van der Waals surface area contributed by atoms with E-state index in [1.165, 1.54) is 51.4 Å². The van der Waals surface area contributed by atoms with Gasteiger partial charge in [-0.05, 0) is 64.2 Å². The van der Waals surface area contributed by atoms with Crippen LogP contribution in [0.5, 0.6) is 0 Å². The van der Waals surface area contributed by atoms with Crippen molar-refractivity contribution in [2.75, 3.05) is 6.61 Å². The third-order valence-corrected chi connectivity index (χ3v) is 10.1. The lowest BCUT2D eigenvalue weighted by atomic mass is 10.0. The maximum Gasteiger partial charge on any atom is 0.306 e. The van der Waals surface area contributed by atoms with Crippen molar-refractivity contribution in [3.05, 3.63) is 134 Å². The normalized spacial score (nSPS) is 14.5. The summed E-state index contributed by atoms with van der Waals surface area (Å²) >= 11 is 0. The van der Waals surface area contributed by atoms with Crippen LogP contribution in [0.1, 0.15) is 181 Å². The van der Waals surface area contributed by atoms with E-state index in [-0.39, 0.29) is 24.9 Å². The van der Waals surface area contributed by atoms with Crippen molar-refractivity contribution < 1.29 is 24.5 Å². The fourth-order valence-electron chi connectivity index (χ4n) is 6.48. The first kappa shape index (κ1) is 58.0. The number of ether oxygens (including phenoxy) is 1. The van der Waals surface area contributed by atoms with Gasteiger partial charge in [-0.3, -0.25) is 9.59 Å². The number of carbonyl (C=O) groups excluding carboxylic acids is 2. The highest BCUT2D eigenvalue weighted by molar-refractivity contribution is 5.77. The van der Waals surface area contributed by atoms with Crippen molar-refractivity contribution in [1.82, 2.24) is 5.32 Å². The molecule has 0 fully saturated rings. The summed E-state index contributed by atoms with van der Waals surface area (Å²) in [5.74, 6) is -0.648. The number of allylic oxidation sites excluding steroid dienone is 21. The highest BCUT2D eigenvalue weighted by atomic mass is 16.5. The zero-order valence-electron chi connectivity index (χ0n) is 39.4. The first-order valence-electron chi connectivity index (χ1n) is 24.5. The molecule has 348 valence electrons. The lowest BCUT2D eigenvalue weighted by Gasteiger charge is -2.24. The summed E-state index contributed by atoms with van der Waals surface area (Å²) in [7, 11) is 0. The Labute approximate surface area is 380 Å². The molecule has 6 nitrogen and oxygen atoms in total. The molecule has 3 atom stereocenters. The second-order valence-electron chi connectivity index (χ2n) is 15.9. The molecule has 0 radical (unpaired) electrons. The van der Waals surface area contributed by atoms with Crippen LogP contribution in [0.15, 0.2) is 134 Å². The molecular formula is C56H89NO5. The average molecular weight is 856 g/mol. The fraction of sp³-hybridized carbons (Fsp3) is 0.571. The van der Waals surface area contributed by atoms with Crippen LogP contribution < -0.4 is 5.32 Å². The molecule has 0 bridgehead atoms. The number of esters is 1. The van der Waals surface area contributed by atoms with Crippen molar-refractivity contribution in [3.63, 3.8) is 0 Å². The SMILES string of the molecule is CC\C=C/C=C/C=C/C=C\C=C\C=C\CCCCCC(=O)OC(C/C=C\C/C=C\C/C=C\C/C=C\C/C=C\CC)CC(=O)NC(CO)C(O)CCCCCCCCCCCCC. The van der Waals surface area contributed by atoms with E-state index >= 15 is 0 Å². The van der Waals surface area contributed by atoms with Crippen molar-refractivity contribution >= 4 is 11.9 Å². The van der Waals surface area contributed by atoms with Gasteiger partial charge < -0.3 is 20.3 Å². The molecule has 62 heavy (non-hydrogen) atoms. The van der Waals surface area contributed by atoms with E-state index in [2.05, 4.69) is 86.8 Å². The van der Waals surface area contributed by atoms with Crippen LogP contribution in [0.25, 0.3) is 0 Å². The van der Waals surface area contributed by atoms with E-state index < -0.39 is 18.2 Å². The summed E-state index contributed by atoms with van der Waals surface area (Å²) in [6.07, 6.45) is 68.0. The molecule has 0 aliphatic heterocycles. The summed E-state index contributed by atoms with van der Waals surface area (Å²) in [6, 6.07) is -0.751. The minimum Gasteiger partial charge on any atom is -0.461 e. The number of aliphatic hydroxyl groups is 2. The molecule has 1 amide bonds. The topological polar surface area (TPSA) is 95.9 Å². The van der Waals surface area contributed by atoms with E-state index in [9.17, 15) is 19.8 Å². The largest absolute Gasteiger partial charge is 0.461 e. The van der Waals surface area contributed by atoms with E-state index in [0.29, 0.717) is 19.3 Å². The Morgan fingerprint density at radius 1 is 0.516 bits per heavy atom. The van der Waals surface area contributed by atoms with Crippen LogP contribution in [0.3, 0.4) is 0 Å². The summed E-state index contributed by atoms with van der Waals surface area (Å²) in [5, 5.41) is 23.6. The Kier molecular flexibility index (Phi) is 44.9. The number of nitrogens with one attached hydrogen (secondary N) is 1. The Bertz CT molecular complexity index is 1370. The highest BCUT2D eigenvalue weighted by Gasteiger charge is 2.23. The molecule has 0 aromatic heterocycles. The van der Waals surface area contributed by atoms with E-state index in [1.807, 2.05) is 72.9 Å². The quantitative estimate of drug-likeness (QED) is 0.0246. The first-order valence-corrected chi connectivity index (χ1v) is 24.5. The number of aliphatic hydroxyl groups excluding tert-OH is 2. The summed E-state index contributed by atoms with van der Waals surface area (Å²) in [5.41, 5.74) is 0. The standard InChI is InChI=1S/C56H89NO5/c1-4-7-10-13-16-19-22-24-26-27-29-31-34-37-40-43-46-49-56(61)62-52(47-44-41-38-35-33-30-28-25-23-20-17-14-11-8-5-2)50-55(60)57-53(51-58)54(59)48-45-42-39-36-32-21-18-15-12-9-6-3/h7-8,10-11,13,16-17,19-20,22,24-29,31,33-35,41,44,52-54,58-59H,4-6,9,12,14-15,18,21,23,30,32,36-40,42-43,45-51H2,1-3H3,(H,57,60)/b10-7-,11-8-,16-13+,20-17-,22-19+,26-24-,28-25-,29-27+,34-31+,35-33-,44-41-. The lowest BCUT2D eigenvalue weighted by Crippen LogP contribution is -2.46. The maximum absolute atomic E-state index is 13.2. The molecule has 3 unspecified atom stereocenters. The molecule has 0 aromatic carbocycles. The molecule has 0 heterocycles. The minimum absolute atomic E-state index is 0.0286. The first-order chi connectivity index (χ1) is 30.5. The monoisotopic (exact) mass is 856 g/mol. The van der Waals surface area contributed by atoms with Gasteiger partial charge in [0.05, 0.1) is 25.2 Å². The molecule has 0 saturated carbocycles. The van der Waals surface area contributed by atoms with Crippen LogP contribution in [0.4, 0.5) is 0 Å². The number of rotatable bonds is 41. The van der Waals surface area contributed by atoms with Gasteiger partial charge in [-0.15, -0.1) is 0 Å². The van der Waals surface area contributed by atoms with Gasteiger partial charge in [0, 0.05) is 12.8 Å². The molecule has 3 N–H and O–H groups in total. The summed E-state index contributed by atoms with van der Waals surface area (Å²) < 4.78 is 5.84. The predicted octanol–water partition coefficient (Wildman–Crippen LogP) is 14.7. The second kappa shape index (κ2) is 48.0. The summed E-state index contributed by atoms with van der Waals surface area (Å²) in [4.78, 5) is 26.1. The van der Waals surface area contributed by atoms with Gasteiger partial charge >= 0.3 is 5.97 Å². The van der Waals surface area contributed by atoms with E-state index in [1.54, 1.807) is 0 Å². The molecule has 0 rings (SSSR count). The molecule has 0 aliphatic rings. The van der Waals surface area contributed by atoms with Gasteiger partial charge in [-0.2, -0.15) is 0 Å². The molecule has 0 spiro atoms. The number of hydrogen-bond donors (Lipinski definition) is 3. The average Bonchev–Trinajstić information content (AvgIpc) is 3.26. The molecule has 0 aliphatic carbocycles. The van der Waals surface area contributed by atoms with E-state index in [0.717, 1.165) is 83.5 Å². The van der Waals surface area contributed by atoms with Gasteiger partial charge in [0.2, 0.25) is 5.91 Å². The lowest BCUT2D eigenvalue weighted by molar-refractivity contribution is -0.150. The van der Waals surface area contributed by atoms with Gasteiger partial charge in [0.15, 0.2) is 0 Å². The van der Waals surface area contributed by atoms with Crippen LogP contribution in [-0.2, 0) is 14.3 Å². The van der Waals surface area contributed by atoms with Gasteiger partial charge in [0.25, 0.3) is 0 Å². The smallest absolute Gasteiger partial charge is 0.306 e. The van der Waals surface area contributed by atoms with Crippen molar-refractivity contribution in [1.29, 1.82) is 0 Å². The number of carbonyl (C=O) groups is 2. The van der Waals surface area contributed by atoms with Crippen LogP contribution in [-0.4, -0.2) is 46.9 Å². The Balaban J connectivity index is 4.88. The molecule has 6 heteroatoms. The maximum atomic E-state index is 13.2. The third-order valence-electron chi connectivity index (χ3n) is 10.1. The van der Waals surface area contributed by atoms with Gasteiger partial charge in [-0.1, -0.05) is 231 Å². The van der Waals surface area contributed by atoms with Crippen molar-refractivity contribution in [2.24, 2.45) is 0 Å². The molecular weight excluding hydrogens is 767 g/mol. The predicted molar refractivity (Wildman–Crippen MR) is 268 cm³/mol. The van der Waals surface area contributed by atoms with E-state index in [4.69, 9.17) is 4.74 Å². The minimum atomic E-state index is -0.828. The van der Waals surface area contributed by atoms with Gasteiger partial charge in [0.1, 0.15) is 6.10 Å². The highest BCUT2D eigenvalue weighted by Crippen LogP contribution is 2.15. The molecule has 0 saturated heterocycles. The zero-order chi connectivity index (χ0) is 45.2. The van der Waals surface area contributed by atoms with Crippen LogP contribution >= 0.6 is 0 Å². The van der Waals surface area contributed by atoms with Crippen LogP contribution in [0, 0.1) is 0 Å².